The van der Waals surface area contributed by atoms with Gasteiger partial charge in [0.05, 0.1) is 0 Å². The summed E-state index contributed by atoms with van der Waals surface area (Å²) in [4.78, 5) is 3.87. The second-order valence-corrected chi connectivity index (χ2v) is 6.88. The van der Waals surface area contributed by atoms with Crippen LogP contribution in [0.2, 0.25) is 0 Å². The van der Waals surface area contributed by atoms with Crippen LogP contribution in [0.1, 0.15) is 38.8 Å². The number of aryl methyl sites for hydroxylation is 1. The van der Waals surface area contributed by atoms with Gasteiger partial charge in [0.25, 0.3) is 0 Å². The van der Waals surface area contributed by atoms with Crippen LogP contribution in [0.5, 0.6) is 0 Å². The lowest BCUT2D eigenvalue weighted by Gasteiger charge is -2.10. The molecule has 1 N–H and O–H groups in total. The van der Waals surface area contributed by atoms with E-state index in [4.69, 9.17) is 0 Å². The molecule has 0 aliphatic carbocycles. The Bertz CT molecular complexity index is 892. The Labute approximate surface area is 161 Å². The predicted molar refractivity (Wildman–Crippen MR) is 115 cm³/mol. The highest BCUT2D eigenvalue weighted by Crippen LogP contribution is 2.24. The van der Waals surface area contributed by atoms with Crippen LogP contribution in [0.25, 0.3) is 5.57 Å². The Balaban J connectivity index is 2.24. The van der Waals surface area contributed by atoms with Crippen LogP contribution >= 0.6 is 0 Å². The zero-order chi connectivity index (χ0) is 20.0. The third-order valence-corrected chi connectivity index (χ3v) is 4.24. The maximum Gasteiger partial charge on any atom is 0.215 e. The fourth-order valence-electron chi connectivity index (χ4n) is 2.87. The summed E-state index contributed by atoms with van der Waals surface area (Å²) >= 11 is 0. The van der Waals surface area contributed by atoms with Gasteiger partial charge >= 0.3 is 0 Å². The van der Waals surface area contributed by atoms with Gasteiger partial charge in [0.1, 0.15) is 5.82 Å². The molecule has 0 spiro atoms. The molecule has 1 heterocycles. The topological polar surface area (TPSA) is 24.9 Å². The second kappa shape index (κ2) is 9.13. The van der Waals surface area contributed by atoms with Crippen molar-refractivity contribution < 1.29 is 4.39 Å². The maximum atomic E-state index is 13.4. The Morgan fingerprint density at radius 1 is 1.07 bits per heavy atom. The maximum absolute atomic E-state index is 13.4. The van der Waals surface area contributed by atoms with E-state index in [1.165, 1.54) is 28.4 Å². The van der Waals surface area contributed by atoms with Gasteiger partial charge in [-0.25, -0.2) is 4.98 Å². The van der Waals surface area contributed by atoms with Gasteiger partial charge in [-0.1, -0.05) is 42.5 Å². The van der Waals surface area contributed by atoms with Crippen molar-refractivity contribution in [2.75, 3.05) is 5.32 Å². The molecule has 2 rings (SSSR count). The number of aromatic nitrogens is 1. The van der Waals surface area contributed by atoms with E-state index in [0.29, 0.717) is 5.82 Å². The Morgan fingerprint density at radius 3 is 2.30 bits per heavy atom. The minimum Gasteiger partial charge on any atom is -0.340 e. The summed E-state index contributed by atoms with van der Waals surface area (Å²) in [5.41, 5.74) is 7.68. The highest BCUT2D eigenvalue weighted by atomic mass is 19.1. The quantitative estimate of drug-likeness (QED) is 0.436. The number of hydrogen-bond donors (Lipinski definition) is 1. The van der Waals surface area contributed by atoms with E-state index < -0.39 is 5.95 Å². The van der Waals surface area contributed by atoms with Gasteiger partial charge in [-0.05, 0) is 86.7 Å². The zero-order valence-corrected chi connectivity index (χ0v) is 16.7. The van der Waals surface area contributed by atoms with Crippen LogP contribution in [0, 0.1) is 12.9 Å². The van der Waals surface area contributed by atoms with Crippen LogP contribution in [0.3, 0.4) is 0 Å². The number of hydrogen-bond acceptors (Lipinski definition) is 2. The molecule has 2 aromatic rings. The first-order valence-electron chi connectivity index (χ1n) is 8.97. The molecule has 0 atom stereocenters. The SMILES string of the molecule is C=C/C=C(/C)C(/C=C(\C)c1ccc(Nc2cc(C)cc(F)n2)cc1)=C(C)C. The molecule has 2 nitrogen and oxygen atoms in total. The van der Waals surface area contributed by atoms with Gasteiger partial charge in [-0.2, -0.15) is 4.39 Å². The third kappa shape index (κ3) is 5.78. The molecule has 0 saturated heterocycles. The average molecular weight is 362 g/mol. The summed E-state index contributed by atoms with van der Waals surface area (Å²) in [6.07, 6.45) is 6.03. The molecule has 27 heavy (non-hydrogen) atoms. The molecule has 0 fully saturated rings. The first-order chi connectivity index (χ1) is 12.8. The molecule has 0 radical (unpaired) electrons. The van der Waals surface area contributed by atoms with Crippen molar-refractivity contribution in [1.82, 2.24) is 4.98 Å². The molecular formula is C24H27FN2. The molecule has 0 aliphatic rings. The number of nitrogens with one attached hydrogen (secondary N) is 1. The van der Waals surface area contributed by atoms with E-state index in [1.54, 1.807) is 0 Å². The molecule has 0 aliphatic heterocycles. The lowest BCUT2D eigenvalue weighted by molar-refractivity contribution is 0.584. The lowest BCUT2D eigenvalue weighted by atomic mass is 9.97. The van der Waals surface area contributed by atoms with Gasteiger partial charge in [-0.3, -0.25) is 0 Å². The molecular weight excluding hydrogens is 335 g/mol. The van der Waals surface area contributed by atoms with Crippen molar-refractivity contribution in [1.29, 1.82) is 0 Å². The molecule has 0 unspecified atom stereocenters. The largest absolute Gasteiger partial charge is 0.340 e. The molecule has 1 aromatic carbocycles. The van der Waals surface area contributed by atoms with E-state index in [9.17, 15) is 4.39 Å². The fraction of sp³-hybridized carbons (Fsp3) is 0.208. The Kier molecular flexibility index (Phi) is 6.89. The van der Waals surface area contributed by atoms with Gasteiger partial charge < -0.3 is 5.32 Å². The molecule has 140 valence electrons. The third-order valence-electron chi connectivity index (χ3n) is 4.24. The number of allylic oxidation sites excluding steroid dienone is 7. The van der Waals surface area contributed by atoms with E-state index >= 15 is 0 Å². The molecule has 0 saturated carbocycles. The highest BCUT2D eigenvalue weighted by Gasteiger charge is 2.04. The summed E-state index contributed by atoms with van der Waals surface area (Å²) in [5.74, 6) is 0.0228. The van der Waals surface area contributed by atoms with Crippen molar-refractivity contribution in [2.24, 2.45) is 0 Å². The van der Waals surface area contributed by atoms with Crippen molar-refractivity contribution in [3.05, 3.63) is 95.0 Å². The van der Waals surface area contributed by atoms with Crippen LogP contribution in [-0.4, -0.2) is 4.98 Å². The highest BCUT2D eigenvalue weighted by molar-refractivity contribution is 5.70. The Hall–Kier alpha value is -2.94. The van der Waals surface area contributed by atoms with E-state index in [1.807, 2.05) is 37.3 Å². The van der Waals surface area contributed by atoms with E-state index in [2.05, 4.69) is 62.8 Å². The predicted octanol–water partition coefficient (Wildman–Crippen LogP) is 7.14. The van der Waals surface area contributed by atoms with Gasteiger partial charge in [0.15, 0.2) is 0 Å². The molecule has 1 aromatic heterocycles. The summed E-state index contributed by atoms with van der Waals surface area (Å²) in [7, 11) is 0. The zero-order valence-electron chi connectivity index (χ0n) is 16.7. The van der Waals surface area contributed by atoms with Crippen LogP contribution in [-0.2, 0) is 0 Å². The molecule has 0 amide bonds. The van der Waals surface area contributed by atoms with Crippen LogP contribution < -0.4 is 5.32 Å². The smallest absolute Gasteiger partial charge is 0.215 e. The number of pyridine rings is 1. The standard InChI is InChI=1S/C24H27FN2/c1-7-8-18(5)22(16(2)3)15-19(6)20-9-11-21(12-10-20)26-24-14-17(4)13-23(25)27-24/h7-15H,1H2,2-6H3,(H,26,27)/b18-8-,19-15+. The van der Waals surface area contributed by atoms with Gasteiger partial charge in [0.2, 0.25) is 5.95 Å². The van der Waals surface area contributed by atoms with Crippen molar-refractivity contribution >= 4 is 17.1 Å². The normalized spacial score (nSPS) is 11.9. The lowest BCUT2D eigenvalue weighted by Crippen LogP contribution is -1.96. The monoisotopic (exact) mass is 362 g/mol. The minimum absolute atomic E-state index is 0.481. The minimum atomic E-state index is -0.481. The first kappa shape index (κ1) is 20.4. The number of benzene rings is 1. The van der Waals surface area contributed by atoms with Gasteiger partial charge in [-0.15, -0.1) is 0 Å². The number of rotatable bonds is 6. The van der Waals surface area contributed by atoms with Crippen molar-refractivity contribution in [2.45, 2.75) is 34.6 Å². The molecule has 0 bridgehead atoms. The van der Waals surface area contributed by atoms with Crippen molar-refractivity contribution in [3.8, 4) is 0 Å². The Morgan fingerprint density at radius 2 is 1.74 bits per heavy atom. The van der Waals surface area contributed by atoms with Crippen molar-refractivity contribution in [3.63, 3.8) is 0 Å². The summed E-state index contributed by atoms with van der Waals surface area (Å²) in [6.45, 7) is 14.0. The number of nitrogens with zero attached hydrogens (tertiary/aromatic N) is 1. The molecule has 3 heteroatoms. The van der Waals surface area contributed by atoms with E-state index in [-0.39, 0.29) is 0 Å². The number of anilines is 2. The summed E-state index contributed by atoms with van der Waals surface area (Å²) in [6, 6.07) is 11.3. The second-order valence-electron chi connectivity index (χ2n) is 6.88. The summed E-state index contributed by atoms with van der Waals surface area (Å²) in [5, 5.41) is 3.15. The van der Waals surface area contributed by atoms with Gasteiger partial charge in [0, 0.05) is 5.69 Å². The fourth-order valence-corrected chi connectivity index (χ4v) is 2.87. The van der Waals surface area contributed by atoms with E-state index in [0.717, 1.165) is 16.8 Å². The van der Waals surface area contributed by atoms with Crippen LogP contribution in [0.4, 0.5) is 15.9 Å². The first-order valence-corrected chi connectivity index (χ1v) is 8.97. The average Bonchev–Trinajstić information content (AvgIpc) is 2.59. The van der Waals surface area contributed by atoms with Crippen LogP contribution in [0.15, 0.2) is 77.9 Å². The summed E-state index contributed by atoms with van der Waals surface area (Å²) < 4.78 is 13.4. The number of halogens is 1.